The number of nitrogens with one attached hydrogen (secondary N) is 2. The van der Waals surface area contributed by atoms with E-state index < -0.39 is 5.91 Å². The van der Waals surface area contributed by atoms with Crippen molar-refractivity contribution in [3.63, 3.8) is 0 Å². The molecule has 0 fully saturated rings. The molecule has 0 aliphatic heterocycles. The highest BCUT2D eigenvalue weighted by molar-refractivity contribution is 7.99. The number of aryl methyl sites for hydroxylation is 1. The highest BCUT2D eigenvalue weighted by Gasteiger charge is 2.09. The first kappa shape index (κ1) is 18.5. The monoisotopic (exact) mass is 361 g/mol. The fourth-order valence-electron chi connectivity index (χ4n) is 1.86. The molecule has 0 spiro atoms. The molecule has 0 saturated carbocycles. The first-order chi connectivity index (χ1) is 12.0. The average molecular weight is 361 g/mol. The predicted molar refractivity (Wildman–Crippen MR) is 95.1 cm³/mol. The minimum atomic E-state index is -0.419. The van der Waals surface area contributed by atoms with Crippen LogP contribution in [0, 0.1) is 6.92 Å². The Morgan fingerprint density at radius 2 is 1.92 bits per heavy atom. The van der Waals surface area contributed by atoms with Gasteiger partial charge in [-0.3, -0.25) is 20.4 Å². The Morgan fingerprint density at radius 3 is 2.56 bits per heavy atom. The number of nitrogen functional groups attached to an aromatic ring is 1. The predicted octanol–water partition coefficient (Wildman–Crippen LogP) is 1.32. The van der Waals surface area contributed by atoms with Crippen molar-refractivity contribution in [2.75, 3.05) is 18.1 Å². The van der Waals surface area contributed by atoms with E-state index in [1.807, 2.05) is 6.92 Å². The van der Waals surface area contributed by atoms with Crippen LogP contribution >= 0.6 is 11.8 Å². The highest BCUT2D eigenvalue weighted by Crippen LogP contribution is 2.14. The number of rotatable bonds is 6. The van der Waals surface area contributed by atoms with Gasteiger partial charge in [0.1, 0.15) is 11.6 Å². The molecule has 9 heteroatoms. The maximum atomic E-state index is 12.0. The Bertz CT molecular complexity index is 732. The zero-order valence-corrected chi connectivity index (χ0v) is 14.7. The number of carbonyl (C=O) groups excluding carboxylic acids is 2. The molecule has 1 aromatic heterocycles. The number of thioether (sulfide) groups is 1. The summed E-state index contributed by atoms with van der Waals surface area (Å²) in [5, 5.41) is 0.408. The number of carbonyl (C=O) groups is 2. The van der Waals surface area contributed by atoms with E-state index in [-0.39, 0.29) is 11.7 Å². The number of aromatic nitrogens is 2. The Labute approximate surface area is 149 Å². The largest absolute Gasteiger partial charge is 0.494 e. The van der Waals surface area contributed by atoms with Crippen LogP contribution < -0.4 is 21.3 Å². The second-order valence-electron chi connectivity index (χ2n) is 4.97. The summed E-state index contributed by atoms with van der Waals surface area (Å²) in [6, 6.07) is 8.25. The van der Waals surface area contributed by atoms with Crippen LogP contribution in [0.25, 0.3) is 0 Å². The van der Waals surface area contributed by atoms with Crippen LogP contribution in [-0.4, -0.2) is 34.1 Å². The highest BCUT2D eigenvalue weighted by atomic mass is 32.2. The van der Waals surface area contributed by atoms with Gasteiger partial charge in [-0.2, -0.15) is 0 Å². The molecule has 0 radical (unpaired) electrons. The minimum Gasteiger partial charge on any atom is -0.494 e. The number of amides is 2. The second kappa shape index (κ2) is 8.88. The van der Waals surface area contributed by atoms with Gasteiger partial charge in [0.15, 0.2) is 5.16 Å². The molecule has 25 heavy (non-hydrogen) atoms. The number of hydrogen-bond donors (Lipinski definition) is 3. The lowest BCUT2D eigenvalue weighted by molar-refractivity contribution is -0.119. The van der Waals surface area contributed by atoms with Crippen molar-refractivity contribution in [3.8, 4) is 5.75 Å². The van der Waals surface area contributed by atoms with Gasteiger partial charge in [-0.15, -0.1) is 0 Å². The molecule has 132 valence electrons. The van der Waals surface area contributed by atoms with Crippen LogP contribution in [-0.2, 0) is 4.79 Å². The van der Waals surface area contributed by atoms with Crippen LogP contribution in [0.3, 0.4) is 0 Å². The average Bonchev–Trinajstić information content (AvgIpc) is 2.58. The summed E-state index contributed by atoms with van der Waals surface area (Å²) < 4.78 is 5.30. The van der Waals surface area contributed by atoms with E-state index in [2.05, 4.69) is 20.8 Å². The first-order valence-electron chi connectivity index (χ1n) is 7.54. The third kappa shape index (κ3) is 5.96. The molecule has 0 atom stereocenters. The molecule has 4 N–H and O–H groups in total. The fourth-order valence-corrected chi connectivity index (χ4v) is 2.57. The third-order valence-corrected chi connectivity index (χ3v) is 3.78. The number of hydrogen-bond acceptors (Lipinski definition) is 7. The summed E-state index contributed by atoms with van der Waals surface area (Å²) in [4.78, 5) is 32.0. The molecule has 1 heterocycles. The van der Waals surface area contributed by atoms with E-state index >= 15 is 0 Å². The molecule has 0 saturated heterocycles. The van der Waals surface area contributed by atoms with E-state index in [9.17, 15) is 9.59 Å². The number of hydrazine groups is 1. The molecule has 0 aliphatic rings. The van der Waals surface area contributed by atoms with Crippen LogP contribution in [0.5, 0.6) is 5.75 Å². The van der Waals surface area contributed by atoms with Crippen LogP contribution in [0.15, 0.2) is 35.5 Å². The van der Waals surface area contributed by atoms with Gasteiger partial charge < -0.3 is 10.5 Å². The van der Waals surface area contributed by atoms with Crippen LogP contribution in [0.1, 0.15) is 23.0 Å². The van der Waals surface area contributed by atoms with Gasteiger partial charge in [0.25, 0.3) is 5.91 Å². The van der Waals surface area contributed by atoms with Crippen molar-refractivity contribution in [2.24, 2.45) is 0 Å². The number of anilines is 1. The van der Waals surface area contributed by atoms with E-state index in [4.69, 9.17) is 10.5 Å². The maximum Gasteiger partial charge on any atom is 0.269 e. The topological polar surface area (TPSA) is 119 Å². The zero-order valence-electron chi connectivity index (χ0n) is 13.9. The van der Waals surface area contributed by atoms with Crippen molar-refractivity contribution in [2.45, 2.75) is 19.0 Å². The van der Waals surface area contributed by atoms with Crippen molar-refractivity contribution in [1.82, 2.24) is 20.8 Å². The van der Waals surface area contributed by atoms with E-state index in [1.54, 1.807) is 37.3 Å². The van der Waals surface area contributed by atoms with Crippen molar-refractivity contribution in [1.29, 1.82) is 0 Å². The van der Waals surface area contributed by atoms with Gasteiger partial charge in [0.2, 0.25) is 5.91 Å². The summed E-state index contributed by atoms with van der Waals surface area (Å²) in [5.41, 5.74) is 11.5. The lowest BCUT2D eigenvalue weighted by atomic mass is 10.2. The Kier molecular flexibility index (Phi) is 6.58. The Hall–Kier alpha value is -2.81. The normalized spacial score (nSPS) is 10.2. The van der Waals surface area contributed by atoms with Gasteiger partial charge in [-0.1, -0.05) is 11.8 Å². The van der Waals surface area contributed by atoms with Gasteiger partial charge in [-0.05, 0) is 38.1 Å². The molecule has 2 amide bonds. The molecule has 0 bridgehead atoms. The number of nitrogens with zero attached hydrogens (tertiary/aromatic N) is 2. The zero-order chi connectivity index (χ0) is 18.2. The molecular weight excluding hydrogens is 342 g/mol. The summed E-state index contributed by atoms with van der Waals surface area (Å²) in [6.45, 7) is 4.22. The van der Waals surface area contributed by atoms with E-state index in [1.165, 1.54) is 0 Å². The summed E-state index contributed by atoms with van der Waals surface area (Å²) >= 11 is 1.13. The summed E-state index contributed by atoms with van der Waals surface area (Å²) in [6.07, 6.45) is 0. The van der Waals surface area contributed by atoms with E-state index in [0.29, 0.717) is 28.9 Å². The summed E-state index contributed by atoms with van der Waals surface area (Å²) in [5.74, 6) is 0.272. The quantitative estimate of drug-likeness (QED) is 0.403. The third-order valence-electron chi connectivity index (χ3n) is 2.93. The Morgan fingerprint density at radius 1 is 1.20 bits per heavy atom. The molecule has 0 aliphatic carbocycles. The summed E-state index contributed by atoms with van der Waals surface area (Å²) in [7, 11) is 0. The first-order valence-corrected chi connectivity index (χ1v) is 8.52. The number of nitrogens with two attached hydrogens (primary N) is 1. The van der Waals surface area contributed by atoms with Crippen molar-refractivity contribution in [3.05, 3.63) is 41.6 Å². The van der Waals surface area contributed by atoms with Gasteiger partial charge in [0.05, 0.1) is 12.4 Å². The number of ether oxygens (including phenoxy) is 1. The molecule has 1 aromatic carbocycles. The maximum absolute atomic E-state index is 12.0. The molecular formula is C16H19N5O3S. The van der Waals surface area contributed by atoms with Crippen molar-refractivity contribution >= 4 is 29.4 Å². The molecule has 2 rings (SSSR count). The van der Waals surface area contributed by atoms with Crippen LogP contribution in [0.2, 0.25) is 0 Å². The molecule has 0 unspecified atom stereocenters. The Balaban J connectivity index is 1.79. The van der Waals surface area contributed by atoms with Gasteiger partial charge >= 0.3 is 0 Å². The smallest absolute Gasteiger partial charge is 0.269 e. The SMILES string of the molecule is CCOc1ccc(C(=O)NNC(=O)CSc2nc(C)cc(N)n2)cc1. The lowest BCUT2D eigenvalue weighted by Gasteiger charge is -2.08. The van der Waals surface area contributed by atoms with Crippen molar-refractivity contribution < 1.29 is 14.3 Å². The molecule has 8 nitrogen and oxygen atoms in total. The molecule has 2 aromatic rings. The standard InChI is InChI=1S/C16H19N5O3S/c1-3-24-12-6-4-11(5-7-12)15(23)21-20-14(22)9-25-16-18-10(2)8-13(17)19-16/h4-8H,3,9H2,1-2H3,(H,20,22)(H,21,23)(H2,17,18,19). The van der Waals surface area contributed by atoms with Crippen LogP contribution in [0.4, 0.5) is 5.82 Å². The fraction of sp³-hybridized carbons (Fsp3) is 0.250. The second-order valence-corrected chi connectivity index (χ2v) is 5.91. The van der Waals surface area contributed by atoms with E-state index in [0.717, 1.165) is 17.5 Å². The lowest BCUT2D eigenvalue weighted by Crippen LogP contribution is -2.42. The van der Waals surface area contributed by atoms with Gasteiger partial charge in [0, 0.05) is 17.3 Å². The van der Waals surface area contributed by atoms with Gasteiger partial charge in [-0.25, -0.2) is 9.97 Å². The minimum absolute atomic E-state index is 0.0481. The number of benzene rings is 1.